The molecule has 0 unspecified atom stereocenters. The molecule has 0 aliphatic rings. The zero-order valence-corrected chi connectivity index (χ0v) is 9.49. The largest absolute Gasteiger partial charge is 0.478 e. The van der Waals surface area contributed by atoms with Crippen LogP contribution in [-0.4, -0.2) is 15.6 Å². The highest BCUT2D eigenvalue weighted by Gasteiger charge is 2.07. The predicted octanol–water partition coefficient (Wildman–Crippen LogP) is 3.03. The van der Waals surface area contributed by atoms with Crippen molar-refractivity contribution in [1.29, 1.82) is 0 Å². The molecule has 1 aromatic carbocycles. The van der Waals surface area contributed by atoms with Crippen LogP contribution in [0.5, 0.6) is 0 Å². The summed E-state index contributed by atoms with van der Waals surface area (Å²) in [5.41, 5.74) is 0.803. The van der Waals surface area contributed by atoms with E-state index in [0.29, 0.717) is 17.1 Å². The Kier molecular flexibility index (Phi) is 3.15. The molecule has 0 amide bonds. The van der Waals surface area contributed by atoms with Gasteiger partial charge in [-0.05, 0) is 29.8 Å². The van der Waals surface area contributed by atoms with Crippen molar-refractivity contribution in [2.45, 2.75) is 6.54 Å². The molecule has 0 saturated heterocycles. The van der Waals surface area contributed by atoms with Gasteiger partial charge in [0, 0.05) is 24.0 Å². The lowest BCUT2D eigenvalue weighted by molar-refractivity contribution is 0.0697. The second-order valence-corrected chi connectivity index (χ2v) is 4.02. The first kappa shape index (κ1) is 11.7. The number of carbonyl (C=O) groups is 1. The molecular formula is C12H9ClFNO2. The molecule has 1 N–H and O–H groups in total. The van der Waals surface area contributed by atoms with Crippen molar-refractivity contribution in [3.63, 3.8) is 0 Å². The van der Waals surface area contributed by atoms with Gasteiger partial charge in [-0.3, -0.25) is 0 Å². The standard InChI is InChI=1S/C12H9ClFNO2/c13-11-2-1-10(14)5-9(11)7-15-4-3-8(6-15)12(16)17/h1-6H,7H2,(H,16,17). The lowest BCUT2D eigenvalue weighted by atomic mass is 10.2. The Morgan fingerprint density at radius 1 is 1.41 bits per heavy atom. The van der Waals surface area contributed by atoms with Gasteiger partial charge in [-0.15, -0.1) is 0 Å². The summed E-state index contributed by atoms with van der Waals surface area (Å²) in [6.45, 7) is 0.337. The molecule has 2 rings (SSSR count). The van der Waals surface area contributed by atoms with Gasteiger partial charge in [-0.2, -0.15) is 0 Å². The number of nitrogens with zero attached hydrogens (tertiary/aromatic N) is 1. The van der Waals surface area contributed by atoms with Crippen LogP contribution < -0.4 is 0 Å². The SMILES string of the molecule is O=C(O)c1ccn(Cc2cc(F)ccc2Cl)c1. The van der Waals surface area contributed by atoms with Crippen LogP contribution in [0.3, 0.4) is 0 Å². The molecule has 0 aliphatic heterocycles. The first-order chi connectivity index (χ1) is 8.06. The summed E-state index contributed by atoms with van der Waals surface area (Å²) in [4.78, 5) is 10.7. The number of rotatable bonds is 3. The zero-order valence-electron chi connectivity index (χ0n) is 8.73. The fraction of sp³-hybridized carbons (Fsp3) is 0.0833. The van der Waals surface area contributed by atoms with Crippen molar-refractivity contribution in [2.24, 2.45) is 0 Å². The Bertz CT molecular complexity index is 565. The second kappa shape index (κ2) is 4.59. The Balaban J connectivity index is 2.25. The summed E-state index contributed by atoms with van der Waals surface area (Å²) in [5, 5.41) is 9.22. The van der Waals surface area contributed by atoms with Crippen LogP contribution >= 0.6 is 11.6 Å². The lowest BCUT2D eigenvalue weighted by Crippen LogP contribution is -1.99. The Morgan fingerprint density at radius 3 is 2.82 bits per heavy atom. The van der Waals surface area contributed by atoms with E-state index in [4.69, 9.17) is 16.7 Å². The molecule has 0 atom stereocenters. The summed E-state index contributed by atoms with van der Waals surface area (Å²) in [6.07, 6.45) is 3.09. The molecule has 1 aromatic heterocycles. The van der Waals surface area contributed by atoms with Gasteiger partial charge < -0.3 is 9.67 Å². The van der Waals surface area contributed by atoms with Gasteiger partial charge in [-0.25, -0.2) is 9.18 Å². The molecule has 17 heavy (non-hydrogen) atoms. The normalized spacial score (nSPS) is 10.5. The molecule has 0 radical (unpaired) electrons. The number of aromatic carboxylic acids is 1. The van der Waals surface area contributed by atoms with E-state index in [-0.39, 0.29) is 11.4 Å². The molecule has 1 heterocycles. The zero-order chi connectivity index (χ0) is 12.4. The van der Waals surface area contributed by atoms with Gasteiger partial charge in [0.05, 0.1) is 5.56 Å². The average molecular weight is 254 g/mol. The third-order valence-corrected chi connectivity index (χ3v) is 2.73. The summed E-state index contributed by atoms with van der Waals surface area (Å²) >= 11 is 5.92. The number of hydrogen-bond donors (Lipinski definition) is 1. The number of aromatic nitrogens is 1. The molecule has 0 aliphatic carbocycles. The Labute approximate surface area is 102 Å². The molecule has 3 nitrogen and oxygen atoms in total. The minimum absolute atomic E-state index is 0.192. The minimum atomic E-state index is -0.992. The van der Waals surface area contributed by atoms with Crippen LogP contribution in [-0.2, 0) is 6.54 Å². The van der Waals surface area contributed by atoms with Gasteiger partial charge >= 0.3 is 5.97 Å². The van der Waals surface area contributed by atoms with Crippen LogP contribution in [0, 0.1) is 5.82 Å². The maximum atomic E-state index is 13.0. The highest BCUT2D eigenvalue weighted by Crippen LogP contribution is 2.18. The Hall–Kier alpha value is -1.81. The van der Waals surface area contributed by atoms with Crippen LogP contribution in [0.4, 0.5) is 4.39 Å². The quantitative estimate of drug-likeness (QED) is 0.914. The van der Waals surface area contributed by atoms with Crippen molar-refractivity contribution < 1.29 is 14.3 Å². The van der Waals surface area contributed by atoms with Crippen molar-refractivity contribution in [3.05, 3.63) is 58.6 Å². The second-order valence-electron chi connectivity index (χ2n) is 3.61. The Morgan fingerprint density at radius 2 is 2.18 bits per heavy atom. The van der Waals surface area contributed by atoms with Crippen LogP contribution in [0.15, 0.2) is 36.7 Å². The first-order valence-corrected chi connectivity index (χ1v) is 5.27. The monoisotopic (exact) mass is 253 g/mol. The van der Waals surface area contributed by atoms with Crippen molar-refractivity contribution in [1.82, 2.24) is 4.57 Å². The van der Waals surface area contributed by atoms with Crippen molar-refractivity contribution in [2.75, 3.05) is 0 Å². The van der Waals surface area contributed by atoms with E-state index in [9.17, 15) is 9.18 Å². The van der Waals surface area contributed by atoms with Crippen LogP contribution in [0.1, 0.15) is 15.9 Å². The summed E-state index contributed by atoms with van der Waals surface area (Å²) in [7, 11) is 0. The van der Waals surface area contributed by atoms with E-state index >= 15 is 0 Å². The maximum Gasteiger partial charge on any atom is 0.337 e. The minimum Gasteiger partial charge on any atom is -0.478 e. The van der Waals surface area contributed by atoms with Crippen LogP contribution in [0.25, 0.3) is 0 Å². The third kappa shape index (κ3) is 2.65. The van der Waals surface area contributed by atoms with Gasteiger partial charge in [0.2, 0.25) is 0 Å². The number of halogens is 2. The molecule has 0 bridgehead atoms. The van der Waals surface area contributed by atoms with E-state index in [1.165, 1.54) is 30.5 Å². The van der Waals surface area contributed by atoms with Crippen LogP contribution in [0.2, 0.25) is 5.02 Å². The van der Waals surface area contributed by atoms with E-state index in [0.717, 1.165) is 0 Å². The molecule has 0 fully saturated rings. The van der Waals surface area contributed by atoms with Crippen molar-refractivity contribution >= 4 is 17.6 Å². The van der Waals surface area contributed by atoms with E-state index in [2.05, 4.69) is 0 Å². The topological polar surface area (TPSA) is 42.2 Å². The predicted molar refractivity (Wildman–Crippen MR) is 61.9 cm³/mol. The first-order valence-electron chi connectivity index (χ1n) is 4.89. The maximum absolute atomic E-state index is 13.0. The van der Waals surface area contributed by atoms with Gasteiger partial charge in [0.25, 0.3) is 0 Å². The molecule has 88 valence electrons. The molecule has 5 heteroatoms. The fourth-order valence-corrected chi connectivity index (χ4v) is 1.70. The van der Waals surface area contributed by atoms with Gasteiger partial charge in [0.1, 0.15) is 5.82 Å². The summed E-state index contributed by atoms with van der Waals surface area (Å²) < 4.78 is 14.7. The smallest absolute Gasteiger partial charge is 0.337 e. The third-order valence-electron chi connectivity index (χ3n) is 2.36. The molecular weight excluding hydrogens is 245 g/mol. The van der Waals surface area contributed by atoms with E-state index < -0.39 is 5.97 Å². The molecule has 0 spiro atoms. The summed E-state index contributed by atoms with van der Waals surface area (Å²) in [5.74, 6) is -1.36. The number of carboxylic acids is 1. The average Bonchev–Trinajstić information content (AvgIpc) is 2.72. The number of carboxylic acid groups (broad SMARTS) is 1. The highest BCUT2D eigenvalue weighted by molar-refractivity contribution is 6.31. The fourth-order valence-electron chi connectivity index (χ4n) is 1.53. The van der Waals surface area contributed by atoms with E-state index in [1.807, 2.05) is 0 Å². The summed E-state index contributed by atoms with van der Waals surface area (Å²) in [6, 6.07) is 5.58. The lowest BCUT2D eigenvalue weighted by Gasteiger charge is -2.05. The van der Waals surface area contributed by atoms with Crippen molar-refractivity contribution in [3.8, 4) is 0 Å². The van der Waals surface area contributed by atoms with Gasteiger partial charge in [0.15, 0.2) is 0 Å². The number of benzene rings is 1. The van der Waals surface area contributed by atoms with E-state index in [1.54, 1.807) is 10.8 Å². The number of hydrogen-bond acceptors (Lipinski definition) is 1. The van der Waals surface area contributed by atoms with Gasteiger partial charge in [-0.1, -0.05) is 11.6 Å². The molecule has 2 aromatic rings. The molecule has 0 saturated carbocycles. The highest BCUT2D eigenvalue weighted by atomic mass is 35.5.